The van der Waals surface area contributed by atoms with Crippen molar-refractivity contribution in [2.45, 2.75) is 25.9 Å². The van der Waals surface area contributed by atoms with Crippen LogP contribution in [0, 0.1) is 0 Å². The third-order valence-electron chi connectivity index (χ3n) is 2.74. The van der Waals surface area contributed by atoms with Crippen molar-refractivity contribution in [3.8, 4) is 0 Å². The summed E-state index contributed by atoms with van der Waals surface area (Å²) in [5, 5.41) is 6.15. The average Bonchev–Trinajstić information content (AvgIpc) is 2.91. The smallest absolute Gasteiger partial charge is 0.138 e. The summed E-state index contributed by atoms with van der Waals surface area (Å²) in [5.41, 5.74) is 0.872. The molecule has 2 aromatic rings. The first kappa shape index (κ1) is 13.0. The van der Waals surface area contributed by atoms with Crippen molar-refractivity contribution < 1.29 is 0 Å². The average molecular weight is 288 g/mol. The van der Waals surface area contributed by atoms with Gasteiger partial charge in [0, 0.05) is 29.0 Å². The summed E-state index contributed by atoms with van der Waals surface area (Å²) < 4.78 is 4.54. The van der Waals surface area contributed by atoms with E-state index in [1.54, 1.807) is 11.3 Å². The highest BCUT2D eigenvalue weighted by molar-refractivity contribution is 7.10. The van der Waals surface area contributed by atoms with Gasteiger partial charge in [-0.15, -0.1) is 16.4 Å². The quantitative estimate of drug-likeness (QED) is 0.845. The van der Waals surface area contributed by atoms with E-state index in [4.69, 9.17) is 11.6 Å². The van der Waals surface area contributed by atoms with Gasteiger partial charge in [-0.2, -0.15) is 0 Å². The van der Waals surface area contributed by atoms with Crippen LogP contribution >= 0.6 is 34.5 Å². The highest BCUT2D eigenvalue weighted by Crippen LogP contribution is 2.20. The van der Waals surface area contributed by atoms with E-state index in [0.717, 1.165) is 18.7 Å². The molecule has 0 spiro atoms. The lowest BCUT2D eigenvalue weighted by Gasteiger charge is -2.23. The third-order valence-corrected chi connectivity index (χ3v) is 4.62. The van der Waals surface area contributed by atoms with Crippen molar-refractivity contribution in [2.75, 3.05) is 7.05 Å². The topological polar surface area (TPSA) is 29.0 Å². The maximum atomic E-state index is 6.00. The molecule has 0 radical (unpaired) electrons. The molecule has 1 unspecified atom stereocenters. The number of thiophene rings is 1. The van der Waals surface area contributed by atoms with E-state index in [9.17, 15) is 0 Å². The zero-order valence-corrected chi connectivity index (χ0v) is 12.1. The number of nitrogens with zero attached hydrogens (tertiary/aromatic N) is 3. The minimum absolute atomic E-state index is 0.464. The molecule has 2 aromatic heterocycles. The van der Waals surface area contributed by atoms with Gasteiger partial charge in [0.2, 0.25) is 0 Å². The van der Waals surface area contributed by atoms with Gasteiger partial charge in [-0.1, -0.05) is 22.2 Å². The zero-order valence-electron chi connectivity index (χ0n) is 9.76. The van der Waals surface area contributed by atoms with E-state index in [-0.39, 0.29) is 0 Å². The fraction of sp³-hybridized carbons (Fsp3) is 0.455. The molecule has 0 aliphatic carbocycles. The monoisotopic (exact) mass is 287 g/mol. The van der Waals surface area contributed by atoms with Crippen molar-refractivity contribution >= 4 is 34.5 Å². The second-order valence-corrected chi connectivity index (χ2v) is 6.43. The third kappa shape index (κ3) is 3.48. The minimum atomic E-state index is 0.464. The maximum Gasteiger partial charge on any atom is 0.138 e. The standard InChI is InChI=1S/C11H14ClN3S2/c1-8(6-9-4-3-5-16-9)15(2)7-10-11(12)17-14-13-10/h3-5,8H,6-7H2,1-2H3. The van der Waals surface area contributed by atoms with Gasteiger partial charge in [-0.25, -0.2) is 0 Å². The molecular formula is C11H14ClN3S2. The molecule has 0 amide bonds. The molecule has 1 atom stereocenters. The van der Waals surface area contributed by atoms with Crippen LogP contribution in [0.5, 0.6) is 0 Å². The first-order chi connectivity index (χ1) is 8.16. The van der Waals surface area contributed by atoms with Crippen LogP contribution in [0.3, 0.4) is 0 Å². The Morgan fingerprint density at radius 3 is 2.94 bits per heavy atom. The molecule has 92 valence electrons. The lowest BCUT2D eigenvalue weighted by atomic mass is 10.2. The largest absolute Gasteiger partial charge is 0.297 e. The van der Waals surface area contributed by atoms with E-state index < -0.39 is 0 Å². The molecule has 0 aliphatic rings. The molecule has 3 nitrogen and oxygen atoms in total. The summed E-state index contributed by atoms with van der Waals surface area (Å²) in [6, 6.07) is 4.73. The van der Waals surface area contributed by atoms with E-state index in [2.05, 4.69) is 46.0 Å². The van der Waals surface area contributed by atoms with Gasteiger partial charge in [0.1, 0.15) is 10.0 Å². The predicted octanol–water partition coefficient (Wildman–Crippen LogP) is 3.32. The number of halogens is 1. The number of rotatable bonds is 5. The number of hydrogen-bond acceptors (Lipinski definition) is 5. The maximum absolute atomic E-state index is 6.00. The van der Waals surface area contributed by atoms with E-state index in [1.165, 1.54) is 16.4 Å². The molecule has 0 fully saturated rings. The molecule has 0 aromatic carbocycles. The fourth-order valence-corrected chi connectivity index (χ4v) is 3.00. The Balaban J connectivity index is 1.91. The molecule has 2 rings (SSSR count). The summed E-state index contributed by atoms with van der Waals surface area (Å²) in [4.78, 5) is 3.66. The van der Waals surface area contributed by atoms with Gasteiger partial charge >= 0.3 is 0 Å². The summed E-state index contributed by atoms with van der Waals surface area (Å²) in [6.07, 6.45) is 1.06. The highest BCUT2D eigenvalue weighted by Gasteiger charge is 2.14. The van der Waals surface area contributed by atoms with Crippen LogP contribution in [0.15, 0.2) is 17.5 Å². The Morgan fingerprint density at radius 1 is 1.53 bits per heavy atom. The van der Waals surface area contributed by atoms with Crippen LogP contribution in [0.2, 0.25) is 4.34 Å². The van der Waals surface area contributed by atoms with E-state index in [0.29, 0.717) is 10.4 Å². The van der Waals surface area contributed by atoms with Gasteiger partial charge in [0.15, 0.2) is 0 Å². The van der Waals surface area contributed by atoms with Gasteiger partial charge in [0.25, 0.3) is 0 Å². The van der Waals surface area contributed by atoms with E-state index >= 15 is 0 Å². The Bertz CT molecular complexity index is 455. The van der Waals surface area contributed by atoms with Crippen molar-refractivity contribution in [1.82, 2.24) is 14.5 Å². The number of likely N-dealkylation sites (N-methyl/N-ethyl adjacent to an activating group) is 1. The first-order valence-corrected chi connectivity index (χ1v) is 7.39. The molecule has 0 N–H and O–H groups in total. The number of aromatic nitrogens is 2. The Morgan fingerprint density at radius 2 is 2.35 bits per heavy atom. The fourth-order valence-electron chi connectivity index (χ4n) is 1.56. The van der Waals surface area contributed by atoms with Crippen LogP contribution in [-0.4, -0.2) is 27.6 Å². The zero-order chi connectivity index (χ0) is 12.3. The van der Waals surface area contributed by atoms with Gasteiger partial charge < -0.3 is 0 Å². The number of hydrogen-bond donors (Lipinski definition) is 0. The molecule has 0 aliphatic heterocycles. The summed E-state index contributed by atoms with van der Waals surface area (Å²) in [6.45, 7) is 2.97. The van der Waals surface area contributed by atoms with Gasteiger partial charge in [-0.05, 0) is 31.8 Å². The predicted molar refractivity (Wildman–Crippen MR) is 73.9 cm³/mol. The second-order valence-electron chi connectivity index (χ2n) is 4.04. The normalized spacial score (nSPS) is 13.2. The van der Waals surface area contributed by atoms with Crippen LogP contribution < -0.4 is 0 Å². The van der Waals surface area contributed by atoms with Crippen LogP contribution in [0.4, 0.5) is 0 Å². The minimum Gasteiger partial charge on any atom is -0.297 e. The molecular weight excluding hydrogens is 274 g/mol. The molecule has 0 saturated heterocycles. The molecule has 2 heterocycles. The Hall–Kier alpha value is -0.490. The summed E-state index contributed by atoms with van der Waals surface area (Å²) in [5.74, 6) is 0. The van der Waals surface area contributed by atoms with Crippen molar-refractivity contribution in [1.29, 1.82) is 0 Å². The van der Waals surface area contributed by atoms with Crippen LogP contribution in [0.1, 0.15) is 17.5 Å². The van der Waals surface area contributed by atoms with Crippen molar-refractivity contribution in [3.63, 3.8) is 0 Å². The van der Waals surface area contributed by atoms with Gasteiger partial charge in [-0.3, -0.25) is 4.90 Å². The SMILES string of the molecule is CC(Cc1cccs1)N(C)Cc1nnsc1Cl. The van der Waals surface area contributed by atoms with Gasteiger partial charge in [0.05, 0.1) is 0 Å². The lowest BCUT2D eigenvalue weighted by Crippen LogP contribution is -2.30. The Kier molecular flexibility index (Phi) is 4.50. The first-order valence-electron chi connectivity index (χ1n) is 5.36. The van der Waals surface area contributed by atoms with Crippen molar-refractivity contribution in [3.05, 3.63) is 32.4 Å². The van der Waals surface area contributed by atoms with Crippen molar-refractivity contribution in [2.24, 2.45) is 0 Å². The molecule has 6 heteroatoms. The molecule has 17 heavy (non-hydrogen) atoms. The van der Waals surface area contributed by atoms with Crippen LogP contribution in [-0.2, 0) is 13.0 Å². The molecule has 0 saturated carbocycles. The summed E-state index contributed by atoms with van der Waals surface area (Å²) >= 11 is 9.04. The summed E-state index contributed by atoms with van der Waals surface area (Å²) in [7, 11) is 2.09. The highest BCUT2D eigenvalue weighted by atomic mass is 35.5. The Labute approximate surface area is 114 Å². The molecule has 0 bridgehead atoms. The second kappa shape index (κ2) is 5.91. The lowest BCUT2D eigenvalue weighted by molar-refractivity contribution is 0.246. The van der Waals surface area contributed by atoms with Crippen LogP contribution in [0.25, 0.3) is 0 Å². The van der Waals surface area contributed by atoms with E-state index in [1.807, 2.05) is 0 Å².